The Balaban J connectivity index is 1.34. The molecular formula is C21H24ClN5. The number of piperidine rings is 1. The van der Waals surface area contributed by atoms with E-state index in [2.05, 4.69) is 20.2 Å². The zero-order valence-electron chi connectivity index (χ0n) is 15.4. The van der Waals surface area contributed by atoms with E-state index in [4.69, 9.17) is 16.6 Å². The monoisotopic (exact) mass is 381 g/mol. The number of fused-ring (bicyclic) bond motifs is 1. The van der Waals surface area contributed by atoms with Crippen LogP contribution in [-0.2, 0) is 6.42 Å². The van der Waals surface area contributed by atoms with E-state index in [0.29, 0.717) is 5.02 Å². The van der Waals surface area contributed by atoms with Crippen LogP contribution in [0.5, 0.6) is 0 Å². The van der Waals surface area contributed by atoms with Crippen molar-refractivity contribution in [2.45, 2.75) is 32.1 Å². The SMILES string of the molecule is Clc1ccc2c(NCCCc3ccnc(N4CCCCC4)n3)ccnc2c1. The van der Waals surface area contributed by atoms with Gasteiger partial charge in [0.25, 0.3) is 0 Å². The van der Waals surface area contributed by atoms with Gasteiger partial charge in [0.05, 0.1) is 5.52 Å². The van der Waals surface area contributed by atoms with E-state index in [1.807, 2.05) is 42.7 Å². The average Bonchev–Trinajstić information content (AvgIpc) is 2.72. The Morgan fingerprint density at radius 2 is 1.85 bits per heavy atom. The maximum atomic E-state index is 6.06. The minimum absolute atomic E-state index is 0.709. The number of halogens is 1. The molecule has 0 unspecified atom stereocenters. The van der Waals surface area contributed by atoms with Crippen LogP contribution in [0.1, 0.15) is 31.4 Å². The highest BCUT2D eigenvalue weighted by molar-refractivity contribution is 6.31. The molecule has 1 aliphatic heterocycles. The molecule has 1 N–H and O–H groups in total. The van der Waals surface area contributed by atoms with Crippen LogP contribution in [-0.4, -0.2) is 34.6 Å². The van der Waals surface area contributed by atoms with Crippen LogP contribution in [0, 0.1) is 0 Å². The Labute approximate surface area is 164 Å². The van der Waals surface area contributed by atoms with E-state index in [1.54, 1.807) is 0 Å². The second-order valence-electron chi connectivity index (χ2n) is 6.95. The molecule has 0 bridgehead atoms. The lowest BCUT2D eigenvalue weighted by Gasteiger charge is -2.26. The van der Waals surface area contributed by atoms with Crippen LogP contribution in [0.2, 0.25) is 5.02 Å². The first kappa shape index (κ1) is 18.0. The van der Waals surface area contributed by atoms with E-state index >= 15 is 0 Å². The molecule has 6 heteroatoms. The maximum absolute atomic E-state index is 6.06. The fraction of sp³-hybridized carbons (Fsp3) is 0.381. The number of nitrogens with zero attached hydrogens (tertiary/aromatic N) is 4. The predicted octanol–water partition coefficient (Wildman–Crippen LogP) is 4.71. The Bertz CT molecular complexity index is 908. The zero-order valence-corrected chi connectivity index (χ0v) is 16.1. The Morgan fingerprint density at radius 3 is 2.74 bits per heavy atom. The second-order valence-corrected chi connectivity index (χ2v) is 7.38. The van der Waals surface area contributed by atoms with E-state index < -0.39 is 0 Å². The van der Waals surface area contributed by atoms with Gasteiger partial charge in [0.1, 0.15) is 0 Å². The van der Waals surface area contributed by atoms with Crippen molar-refractivity contribution in [2.24, 2.45) is 0 Å². The molecule has 2 aromatic heterocycles. The molecule has 1 fully saturated rings. The van der Waals surface area contributed by atoms with Gasteiger partial charge in [-0.2, -0.15) is 0 Å². The summed E-state index contributed by atoms with van der Waals surface area (Å²) in [5, 5.41) is 5.32. The van der Waals surface area contributed by atoms with Gasteiger partial charge >= 0.3 is 0 Å². The van der Waals surface area contributed by atoms with E-state index in [1.165, 1.54) is 19.3 Å². The first-order valence-corrected chi connectivity index (χ1v) is 10.0. The van der Waals surface area contributed by atoms with Crippen molar-refractivity contribution in [1.29, 1.82) is 0 Å². The molecule has 3 aromatic rings. The summed E-state index contributed by atoms with van der Waals surface area (Å²) in [6.45, 7) is 3.03. The number of anilines is 2. The molecule has 1 saturated heterocycles. The van der Waals surface area contributed by atoms with Crippen LogP contribution in [0.4, 0.5) is 11.6 Å². The van der Waals surface area contributed by atoms with Crippen LogP contribution in [0.15, 0.2) is 42.7 Å². The van der Waals surface area contributed by atoms with Crippen molar-refractivity contribution >= 4 is 34.1 Å². The van der Waals surface area contributed by atoms with Crippen molar-refractivity contribution in [3.05, 3.63) is 53.4 Å². The molecule has 1 aliphatic rings. The largest absolute Gasteiger partial charge is 0.384 e. The van der Waals surface area contributed by atoms with E-state index in [-0.39, 0.29) is 0 Å². The standard InChI is InChI=1S/C21H24ClN5/c22-16-6-7-18-19(9-12-24-20(18)15-16)23-10-4-5-17-8-11-25-21(26-17)27-13-2-1-3-14-27/h6-9,11-12,15H,1-5,10,13-14H2,(H,23,24). The molecule has 0 aliphatic carbocycles. The third-order valence-corrected chi connectivity index (χ3v) is 5.20. The number of hydrogen-bond donors (Lipinski definition) is 1. The fourth-order valence-corrected chi connectivity index (χ4v) is 3.70. The molecule has 0 atom stereocenters. The average molecular weight is 382 g/mol. The third-order valence-electron chi connectivity index (χ3n) is 4.97. The summed E-state index contributed by atoms with van der Waals surface area (Å²) in [7, 11) is 0. The summed E-state index contributed by atoms with van der Waals surface area (Å²) >= 11 is 6.06. The third kappa shape index (κ3) is 4.48. The number of aryl methyl sites for hydroxylation is 1. The summed E-state index contributed by atoms with van der Waals surface area (Å²) in [6, 6.07) is 9.85. The fourth-order valence-electron chi connectivity index (χ4n) is 3.54. The molecule has 0 radical (unpaired) electrons. The maximum Gasteiger partial charge on any atom is 0.225 e. The van der Waals surface area contributed by atoms with Crippen molar-refractivity contribution in [1.82, 2.24) is 15.0 Å². The van der Waals surface area contributed by atoms with E-state index in [0.717, 1.165) is 60.7 Å². The van der Waals surface area contributed by atoms with Gasteiger partial charge in [0.15, 0.2) is 0 Å². The molecule has 5 nitrogen and oxygen atoms in total. The molecule has 140 valence electrons. The summed E-state index contributed by atoms with van der Waals surface area (Å²) in [6.07, 6.45) is 9.44. The van der Waals surface area contributed by atoms with Gasteiger partial charge in [0.2, 0.25) is 5.95 Å². The normalized spacial score (nSPS) is 14.5. The minimum atomic E-state index is 0.709. The second kappa shape index (κ2) is 8.53. The number of benzene rings is 1. The van der Waals surface area contributed by atoms with Crippen molar-refractivity contribution in [3.8, 4) is 0 Å². The van der Waals surface area contributed by atoms with Gasteiger partial charge in [0, 0.05) is 53.8 Å². The number of hydrogen-bond acceptors (Lipinski definition) is 5. The molecule has 0 amide bonds. The molecule has 0 spiro atoms. The minimum Gasteiger partial charge on any atom is -0.384 e. The Hall–Kier alpha value is -2.40. The van der Waals surface area contributed by atoms with Crippen LogP contribution < -0.4 is 10.2 Å². The highest BCUT2D eigenvalue weighted by atomic mass is 35.5. The molecule has 0 saturated carbocycles. The van der Waals surface area contributed by atoms with Gasteiger partial charge in [-0.3, -0.25) is 4.98 Å². The van der Waals surface area contributed by atoms with Crippen LogP contribution in [0.25, 0.3) is 10.9 Å². The summed E-state index contributed by atoms with van der Waals surface area (Å²) in [5.74, 6) is 0.886. The highest BCUT2D eigenvalue weighted by Gasteiger charge is 2.13. The van der Waals surface area contributed by atoms with Crippen molar-refractivity contribution < 1.29 is 0 Å². The highest BCUT2D eigenvalue weighted by Crippen LogP contribution is 2.24. The number of rotatable bonds is 6. The van der Waals surface area contributed by atoms with Gasteiger partial charge in [-0.1, -0.05) is 11.6 Å². The van der Waals surface area contributed by atoms with E-state index in [9.17, 15) is 0 Å². The van der Waals surface area contributed by atoms with Crippen molar-refractivity contribution in [3.63, 3.8) is 0 Å². The van der Waals surface area contributed by atoms with Gasteiger partial charge in [-0.05, 0) is 62.4 Å². The summed E-state index contributed by atoms with van der Waals surface area (Å²) in [5.41, 5.74) is 3.11. The predicted molar refractivity (Wildman–Crippen MR) is 112 cm³/mol. The number of pyridine rings is 1. The number of aromatic nitrogens is 3. The quantitative estimate of drug-likeness (QED) is 0.626. The van der Waals surface area contributed by atoms with Crippen LogP contribution >= 0.6 is 11.6 Å². The number of nitrogens with one attached hydrogen (secondary N) is 1. The molecule has 27 heavy (non-hydrogen) atoms. The Morgan fingerprint density at radius 1 is 1.00 bits per heavy atom. The first-order valence-electron chi connectivity index (χ1n) is 9.65. The van der Waals surface area contributed by atoms with Gasteiger partial charge in [-0.15, -0.1) is 0 Å². The summed E-state index contributed by atoms with van der Waals surface area (Å²) in [4.78, 5) is 15.9. The first-order chi connectivity index (χ1) is 13.3. The lowest BCUT2D eigenvalue weighted by atomic mass is 10.1. The smallest absolute Gasteiger partial charge is 0.225 e. The molecular weight excluding hydrogens is 358 g/mol. The summed E-state index contributed by atoms with van der Waals surface area (Å²) < 4.78 is 0. The van der Waals surface area contributed by atoms with Crippen LogP contribution in [0.3, 0.4) is 0 Å². The molecule has 4 rings (SSSR count). The molecule has 3 heterocycles. The van der Waals surface area contributed by atoms with Crippen molar-refractivity contribution in [2.75, 3.05) is 29.9 Å². The Kier molecular flexibility index (Phi) is 5.68. The lowest BCUT2D eigenvalue weighted by molar-refractivity contribution is 0.567. The lowest BCUT2D eigenvalue weighted by Crippen LogP contribution is -2.31. The van der Waals surface area contributed by atoms with Gasteiger partial charge in [-0.25, -0.2) is 9.97 Å². The molecule has 1 aromatic carbocycles. The zero-order chi connectivity index (χ0) is 18.5. The van der Waals surface area contributed by atoms with Gasteiger partial charge < -0.3 is 10.2 Å². The topological polar surface area (TPSA) is 53.9 Å².